The molecule has 0 bridgehead atoms. The first-order chi connectivity index (χ1) is 13.1. The fourth-order valence-corrected chi connectivity index (χ4v) is 3.60. The van der Waals surface area contributed by atoms with Gasteiger partial charge >= 0.3 is 13.1 Å². The Labute approximate surface area is 161 Å². The number of carbonyl (C=O) groups excluding carboxylic acids is 2. The van der Waals surface area contributed by atoms with Crippen LogP contribution in [0.3, 0.4) is 0 Å². The number of hydrogen-bond donors (Lipinski definition) is 1. The molecule has 0 aromatic heterocycles. The lowest BCUT2D eigenvalue weighted by atomic mass is 9.64. The summed E-state index contributed by atoms with van der Waals surface area (Å²) < 4.78 is 11.0. The molecule has 1 aliphatic carbocycles. The summed E-state index contributed by atoms with van der Waals surface area (Å²) >= 11 is 0. The number of rotatable bonds is 10. The van der Waals surface area contributed by atoms with Crippen molar-refractivity contribution in [3.63, 3.8) is 0 Å². The van der Waals surface area contributed by atoms with Crippen molar-refractivity contribution in [2.24, 2.45) is 5.92 Å². The molecule has 1 aromatic rings. The first kappa shape index (κ1) is 19.9. The van der Waals surface area contributed by atoms with Crippen LogP contribution in [-0.4, -0.2) is 30.5 Å². The van der Waals surface area contributed by atoms with E-state index in [4.69, 9.17) is 9.39 Å². The second-order valence-corrected chi connectivity index (χ2v) is 7.76. The van der Waals surface area contributed by atoms with Gasteiger partial charge in [-0.05, 0) is 37.3 Å². The van der Waals surface area contributed by atoms with Crippen LogP contribution < -0.4 is 4.65 Å². The second-order valence-electron chi connectivity index (χ2n) is 7.76. The topological polar surface area (TPSA) is 72.8 Å². The third kappa shape index (κ3) is 5.35. The highest BCUT2D eigenvalue weighted by Crippen LogP contribution is 2.39. The molecule has 0 saturated heterocycles. The molecule has 3 rings (SSSR count). The van der Waals surface area contributed by atoms with E-state index in [0.29, 0.717) is 30.8 Å². The molecule has 5 nitrogen and oxygen atoms in total. The average molecular weight is 372 g/mol. The summed E-state index contributed by atoms with van der Waals surface area (Å²) in [6.07, 6.45) is 8.26. The Kier molecular flexibility index (Phi) is 6.94. The van der Waals surface area contributed by atoms with E-state index in [1.54, 1.807) is 12.1 Å². The van der Waals surface area contributed by atoms with Crippen molar-refractivity contribution < 1.29 is 24.0 Å². The summed E-state index contributed by atoms with van der Waals surface area (Å²) in [5.74, 6) is 0.121. The zero-order valence-electron chi connectivity index (χ0n) is 16.1. The van der Waals surface area contributed by atoms with Crippen LogP contribution in [0.15, 0.2) is 18.2 Å². The standard InChI is InChI=1S/C21H29BO5/c1-2-3-4-5-6-12-26-21(24)18-9-7-8-16-13-17(22(25)27-20(16)18)14-19(23)15-10-11-15/h7-9,15,17,25H,2-6,10-14H2,1H3/t17-/m1/s1. The molecule has 1 atom stereocenters. The van der Waals surface area contributed by atoms with Crippen LogP contribution in [0, 0.1) is 5.92 Å². The maximum atomic E-state index is 12.4. The van der Waals surface area contributed by atoms with Gasteiger partial charge in [0.25, 0.3) is 0 Å². The summed E-state index contributed by atoms with van der Waals surface area (Å²) in [4.78, 5) is 24.5. The van der Waals surface area contributed by atoms with Gasteiger partial charge in [0.05, 0.1) is 6.61 Å². The van der Waals surface area contributed by atoms with Gasteiger partial charge in [0.1, 0.15) is 17.1 Å². The Bertz CT molecular complexity index is 671. The van der Waals surface area contributed by atoms with Gasteiger partial charge in [-0.1, -0.05) is 44.7 Å². The van der Waals surface area contributed by atoms with Crippen LogP contribution in [0.5, 0.6) is 5.75 Å². The van der Waals surface area contributed by atoms with Gasteiger partial charge in [0, 0.05) is 18.2 Å². The average Bonchev–Trinajstić information content (AvgIpc) is 3.50. The molecule has 1 N–H and O–H groups in total. The minimum absolute atomic E-state index is 0.178. The van der Waals surface area contributed by atoms with Crippen molar-refractivity contribution in [3.8, 4) is 5.75 Å². The van der Waals surface area contributed by atoms with Gasteiger partial charge in [-0.2, -0.15) is 0 Å². The molecule has 27 heavy (non-hydrogen) atoms. The van der Waals surface area contributed by atoms with Crippen molar-refractivity contribution in [2.75, 3.05) is 6.61 Å². The molecule has 0 unspecified atom stereocenters. The molecule has 0 radical (unpaired) electrons. The van der Waals surface area contributed by atoms with E-state index in [2.05, 4.69) is 6.92 Å². The molecule has 0 spiro atoms. The minimum Gasteiger partial charge on any atom is -0.535 e. The Morgan fingerprint density at radius 2 is 2.00 bits per heavy atom. The van der Waals surface area contributed by atoms with E-state index >= 15 is 0 Å². The van der Waals surface area contributed by atoms with Gasteiger partial charge in [0.2, 0.25) is 0 Å². The van der Waals surface area contributed by atoms with Crippen LogP contribution in [0.2, 0.25) is 5.82 Å². The molecule has 1 aliphatic heterocycles. The van der Waals surface area contributed by atoms with Crippen LogP contribution in [-0.2, 0) is 16.0 Å². The molecular formula is C21H29BO5. The van der Waals surface area contributed by atoms with Crippen molar-refractivity contribution in [1.82, 2.24) is 0 Å². The van der Waals surface area contributed by atoms with Crippen molar-refractivity contribution in [3.05, 3.63) is 29.3 Å². The van der Waals surface area contributed by atoms with Crippen molar-refractivity contribution in [1.29, 1.82) is 0 Å². The highest BCUT2D eigenvalue weighted by Gasteiger charge is 2.40. The van der Waals surface area contributed by atoms with Gasteiger partial charge in [-0.15, -0.1) is 0 Å². The number of benzene rings is 1. The first-order valence-corrected chi connectivity index (χ1v) is 10.3. The maximum Gasteiger partial charge on any atom is 0.526 e. The van der Waals surface area contributed by atoms with E-state index in [1.807, 2.05) is 6.07 Å². The zero-order chi connectivity index (χ0) is 19.2. The van der Waals surface area contributed by atoms with E-state index in [9.17, 15) is 14.6 Å². The molecule has 1 saturated carbocycles. The number of fused-ring (bicyclic) bond motifs is 1. The summed E-state index contributed by atoms with van der Waals surface area (Å²) in [7, 11) is -1.07. The lowest BCUT2D eigenvalue weighted by molar-refractivity contribution is -0.120. The van der Waals surface area contributed by atoms with E-state index in [1.165, 1.54) is 12.8 Å². The number of ketones is 1. The van der Waals surface area contributed by atoms with Crippen molar-refractivity contribution in [2.45, 2.75) is 70.5 Å². The molecule has 0 amide bonds. The van der Waals surface area contributed by atoms with Crippen molar-refractivity contribution >= 4 is 18.9 Å². The largest absolute Gasteiger partial charge is 0.535 e. The lowest BCUT2D eigenvalue weighted by Gasteiger charge is -2.28. The monoisotopic (exact) mass is 372 g/mol. The Morgan fingerprint density at radius 3 is 2.74 bits per heavy atom. The number of carbonyl (C=O) groups is 2. The Morgan fingerprint density at radius 1 is 1.22 bits per heavy atom. The van der Waals surface area contributed by atoms with E-state index in [-0.39, 0.29) is 17.5 Å². The summed E-state index contributed by atoms with van der Waals surface area (Å²) in [5.41, 5.74) is 1.21. The molecule has 1 aromatic carbocycles. The first-order valence-electron chi connectivity index (χ1n) is 10.3. The number of unbranched alkanes of at least 4 members (excludes halogenated alkanes) is 4. The third-order valence-corrected chi connectivity index (χ3v) is 5.42. The third-order valence-electron chi connectivity index (χ3n) is 5.42. The number of hydrogen-bond acceptors (Lipinski definition) is 5. The number of ether oxygens (including phenoxy) is 1. The van der Waals surface area contributed by atoms with Gasteiger partial charge in [0.15, 0.2) is 0 Å². The quantitative estimate of drug-likeness (QED) is 0.382. The number of esters is 1. The van der Waals surface area contributed by atoms with Crippen LogP contribution in [0.25, 0.3) is 0 Å². The fourth-order valence-electron chi connectivity index (χ4n) is 3.60. The van der Waals surface area contributed by atoms with Crippen LogP contribution in [0.1, 0.15) is 74.2 Å². The SMILES string of the molecule is CCCCCCCOC(=O)c1cccc2c1OB(O)[C@@H](CC(=O)C1CC1)C2. The predicted octanol–water partition coefficient (Wildman–Crippen LogP) is 3.97. The van der Waals surface area contributed by atoms with Crippen LogP contribution in [0.4, 0.5) is 0 Å². The van der Waals surface area contributed by atoms with Gasteiger partial charge in [-0.3, -0.25) is 4.79 Å². The molecule has 1 fully saturated rings. The maximum absolute atomic E-state index is 12.4. The van der Waals surface area contributed by atoms with Crippen LogP contribution >= 0.6 is 0 Å². The minimum atomic E-state index is -1.07. The molecule has 6 heteroatoms. The molecule has 2 aliphatic rings. The number of para-hydroxylation sites is 1. The normalized spacial score (nSPS) is 18.6. The Balaban J connectivity index is 1.57. The highest BCUT2D eigenvalue weighted by atomic mass is 16.5. The summed E-state index contributed by atoms with van der Waals surface area (Å²) in [6, 6.07) is 5.36. The summed E-state index contributed by atoms with van der Waals surface area (Å²) in [5, 5.41) is 10.3. The van der Waals surface area contributed by atoms with Gasteiger partial charge in [-0.25, -0.2) is 4.79 Å². The predicted molar refractivity (Wildman–Crippen MR) is 104 cm³/mol. The second kappa shape index (κ2) is 9.40. The van der Waals surface area contributed by atoms with E-state index < -0.39 is 13.1 Å². The fraction of sp³-hybridized carbons (Fsp3) is 0.619. The number of Topliss-reactive ketones (excluding diaryl/α,β-unsaturated/α-hetero) is 1. The lowest BCUT2D eigenvalue weighted by Crippen LogP contribution is -2.36. The highest BCUT2D eigenvalue weighted by molar-refractivity contribution is 6.47. The zero-order valence-corrected chi connectivity index (χ0v) is 16.1. The van der Waals surface area contributed by atoms with E-state index in [0.717, 1.165) is 37.7 Å². The smallest absolute Gasteiger partial charge is 0.526 e. The molecule has 146 valence electrons. The summed E-state index contributed by atoms with van der Waals surface area (Å²) in [6.45, 7) is 2.56. The molecule has 1 heterocycles. The Hall–Kier alpha value is -1.82. The van der Waals surface area contributed by atoms with Gasteiger partial charge < -0.3 is 14.4 Å². The molecular weight excluding hydrogens is 343 g/mol.